The lowest BCUT2D eigenvalue weighted by molar-refractivity contribution is 0.0949. The number of rotatable bonds is 0. The van der Waals surface area contributed by atoms with E-state index in [1.165, 1.54) is 18.4 Å². The topological polar surface area (TPSA) is 9.23 Å². The Kier molecular flexibility index (Phi) is 1.68. The number of benzene rings is 1. The summed E-state index contributed by atoms with van der Waals surface area (Å²) >= 11 is 0. The molecule has 0 saturated heterocycles. The van der Waals surface area contributed by atoms with Crippen LogP contribution in [0.3, 0.4) is 0 Å². The van der Waals surface area contributed by atoms with Gasteiger partial charge in [-0.3, -0.25) is 0 Å². The highest BCUT2D eigenvalue weighted by Crippen LogP contribution is 2.51. The molecule has 2 unspecified atom stereocenters. The third kappa shape index (κ3) is 0.997. The van der Waals surface area contributed by atoms with Crippen LogP contribution in [-0.4, -0.2) is 6.61 Å². The second-order valence-electron chi connectivity index (χ2n) is 5.36. The minimum Gasteiger partial charge on any atom is -0.376 e. The fourth-order valence-electron chi connectivity index (χ4n) is 3.64. The second-order valence-corrected chi connectivity index (χ2v) is 5.36. The summed E-state index contributed by atoms with van der Waals surface area (Å²) in [6, 6.07) is 4.63. The smallest absolute Gasteiger partial charge is 0.0720 e. The van der Waals surface area contributed by atoms with Crippen LogP contribution in [0.1, 0.15) is 53.9 Å². The number of hydrogen-bond donors (Lipinski definition) is 0. The van der Waals surface area contributed by atoms with Crippen LogP contribution < -0.4 is 0 Å². The highest BCUT2D eigenvalue weighted by atomic mass is 16.5. The highest BCUT2D eigenvalue weighted by Gasteiger charge is 2.34. The molecular weight excluding hydrogens is 196 g/mol. The van der Waals surface area contributed by atoms with Crippen molar-refractivity contribution in [3.8, 4) is 0 Å². The minimum absolute atomic E-state index is 0.568. The maximum atomic E-state index is 5.63. The summed E-state index contributed by atoms with van der Waals surface area (Å²) < 4.78 is 5.63. The summed E-state index contributed by atoms with van der Waals surface area (Å²) in [7, 11) is 0. The van der Waals surface area contributed by atoms with Crippen LogP contribution in [0, 0.1) is 0 Å². The Bertz CT molecular complexity index is 498. The van der Waals surface area contributed by atoms with E-state index in [4.69, 9.17) is 4.74 Å². The van der Waals surface area contributed by atoms with Gasteiger partial charge < -0.3 is 4.74 Å². The maximum absolute atomic E-state index is 5.63. The van der Waals surface area contributed by atoms with Crippen molar-refractivity contribution in [1.29, 1.82) is 0 Å². The molecule has 2 atom stereocenters. The molecule has 1 nitrogen and oxygen atoms in total. The average Bonchev–Trinajstić information content (AvgIpc) is 2.89. The summed E-state index contributed by atoms with van der Waals surface area (Å²) in [5.41, 5.74) is 7.83. The van der Waals surface area contributed by atoms with E-state index in [9.17, 15) is 0 Å². The first-order valence-corrected chi connectivity index (χ1v) is 6.29. The number of allylic oxidation sites excluding steroid dienone is 2. The van der Waals surface area contributed by atoms with Gasteiger partial charge in [0.2, 0.25) is 0 Å². The van der Waals surface area contributed by atoms with Gasteiger partial charge in [0.05, 0.1) is 13.2 Å². The molecular formula is C15H16O. The molecule has 2 aliphatic carbocycles. The van der Waals surface area contributed by atoms with Gasteiger partial charge in [-0.15, -0.1) is 0 Å². The lowest BCUT2D eigenvalue weighted by Gasteiger charge is -2.28. The van der Waals surface area contributed by atoms with E-state index < -0.39 is 0 Å². The molecule has 1 aliphatic heterocycles. The van der Waals surface area contributed by atoms with Gasteiger partial charge in [-0.05, 0) is 40.7 Å². The molecule has 2 bridgehead atoms. The first-order valence-electron chi connectivity index (χ1n) is 6.29. The molecule has 0 spiro atoms. The molecule has 0 N–H and O–H groups in total. The van der Waals surface area contributed by atoms with Gasteiger partial charge in [0.25, 0.3) is 0 Å². The van der Waals surface area contributed by atoms with Gasteiger partial charge in [0.15, 0.2) is 0 Å². The lowest BCUT2D eigenvalue weighted by atomic mass is 9.81. The molecule has 4 rings (SSSR count). The molecule has 1 heterocycles. The van der Waals surface area contributed by atoms with Crippen molar-refractivity contribution in [2.24, 2.45) is 0 Å². The third-order valence-electron chi connectivity index (χ3n) is 4.33. The van der Waals surface area contributed by atoms with Gasteiger partial charge in [-0.2, -0.15) is 0 Å². The van der Waals surface area contributed by atoms with Gasteiger partial charge in [-0.1, -0.05) is 25.1 Å². The Hall–Kier alpha value is -1.08. The quantitative estimate of drug-likeness (QED) is 0.638. The van der Waals surface area contributed by atoms with Crippen molar-refractivity contribution in [3.05, 3.63) is 40.5 Å². The Morgan fingerprint density at radius 3 is 3.19 bits per heavy atom. The number of fused-ring (bicyclic) bond motifs is 6. The zero-order valence-electron chi connectivity index (χ0n) is 9.62. The molecule has 0 radical (unpaired) electrons. The Labute approximate surface area is 96.1 Å². The van der Waals surface area contributed by atoms with E-state index >= 15 is 0 Å². The zero-order chi connectivity index (χ0) is 10.7. The largest absolute Gasteiger partial charge is 0.376 e. The molecule has 0 aromatic heterocycles. The van der Waals surface area contributed by atoms with Gasteiger partial charge in [0, 0.05) is 11.8 Å². The molecule has 3 aliphatic rings. The summed E-state index contributed by atoms with van der Waals surface area (Å²) in [6.07, 6.45) is 5.13. The van der Waals surface area contributed by atoms with Crippen LogP contribution in [0.25, 0.3) is 5.57 Å². The van der Waals surface area contributed by atoms with Crippen molar-refractivity contribution in [2.75, 3.05) is 6.61 Å². The third-order valence-corrected chi connectivity index (χ3v) is 4.33. The van der Waals surface area contributed by atoms with E-state index in [0.29, 0.717) is 5.92 Å². The molecule has 0 saturated carbocycles. The van der Waals surface area contributed by atoms with Gasteiger partial charge >= 0.3 is 0 Å². The first kappa shape index (κ1) is 9.00. The van der Waals surface area contributed by atoms with Crippen LogP contribution >= 0.6 is 0 Å². The first-order chi connectivity index (χ1) is 7.84. The van der Waals surface area contributed by atoms with Crippen molar-refractivity contribution in [2.45, 2.75) is 38.2 Å². The molecule has 0 fully saturated rings. The van der Waals surface area contributed by atoms with Crippen molar-refractivity contribution < 1.29 is 4.74 Å². The number of hydrogen-bond acceptors (Lipinski definition) is 1. The second kappa shape index (κ2) is 2.98. The molecule has 1 aromatic rings. The van der Waals surface area contributed by atoms with Gasteiger partial charge in [0.1, 0.15) is 0 Å². The van der Waals surface area contributed by atoms with Crippen molar-refractivity contribution in [3.63, 3.8) is 0 Å². The summed E-state index contributed by atoms with van der Waals surface area (Å²) in [6.45, 7) is 4.00. The lowest BCUT2D eigenvalue weighted by Crippen LogP contribution is -2.17. The predicted molar refractivity (Wildman–Crippen MR) is 64.5 cm³/mol. The Balaban J connectivity index is 2.00. The van der Waals surface area contributed by atoms with Crippen LogP contribution in [0.15, 0.2) is 18.2 Å². The zero-order valence-corrected chi connectivity index (χ0v) is 9.62. The molecule has 1 aromatic carbocycles. The fraction of sp³-hybridized carbons (Fsp3) is 0.467. The minimum atomic E-state index is 0.568. The van der Waals surface area contributed by atoms with Gasteiger partial charge in [-0.25, -0.2) is 0 Å². The Morgan fingerprint density at radius 2 is 2.25 bits per heavy atom. The molecule has 1 heteroatoms. The maximum Gasteiger partial charge on any atom is 0.0720 e. The van der Waals surface area contributed by atoms with Crippen LogP contribution in [-0.2, 0) is 11.3 Å². The highest BCUT2D eigenvalue weighted by molar-refractivity contribution is 5.81. The monoisotopic (exact) mass is 212 g/mol. The fourth-order valence-corrected chi connectivity index (χ4v) is 3.64. The van der Waals surface area contributed by atoms with Crippen LogP contribution in [0.2, 0.25) is 0 Å². The van der Waals surface area contributed by atoms with E-state index in [-0.39, 0.29) is 0 Å². The SMILES string of the molecule is CC1COCc2ccc3c(c21)C1=CC3CC1. The molecule has 82 valence electrons. The molecule has 0 amide bonds. The summed E-state index contributed by atoms with van der Waals surface area (Å²) in [4.78, 5) is 0. The average molecular weight is 212 g/mol. The number of ether oxygens (including phenoxy) is 1. The molecule has 16 heavy (non-hydrogen) atoms. The predicted octanol–water partition coefficient (Wildman–Crippen LogP) is 3.59. The van der Waals surface area contributed by atoms with E-state index in [0.717, 1.165) is 19.1 Å². The van der Waals surface area contributed by atoms with Crippen molar-refractivity contribution >= 4 is 5.57 Å². The summed E-state index contributed by atoms with van der Waals surface area (Å²) in [5, 5.41) is 0. The van der Waals surface area contributed by atoms with Crippen LogP contribution in [0.4, 0.5) is 0 Å². The normalized spacial score (nSPS) is 29.9. The summed E-state index contributed by atoms with van der Waals surface area (Å²) in [5.74, 6) is 1.30. The van der Waals surface area contributed by atoms with E-state index in [1.807, 2.05) is 0 Å². The van der Waals surface area contributed by atoms with Crippen LogP contribution in [0.5, 0.6) is 0 Å². The van der Waals surface area contributed by atoms with E-state index in [1.54, 1.807) is 22.3 Å². The Morgan fingerprint density at radius 1 is 1.31 bits per heavy atom. The van der Waals surface area contributed by atoms with E-state index in [2.05, 4.69) is 25.1 Å². The standard InChI is InChI=1S/C15H16O/c1-9-7-16-8-12-4-5-13-10-2-3-11(6-10)15(13)14(9)12/h4-6,9-10H,2-3,7-8H2,1H3. The van der Waals surface area contributed by atoms with Crippen molar-refractivity contribution in [1.82, 2.24) is 0 Å².